The Hall–Kier alpha value is -2.08. The normalized spacial score (nSPS) is 23.8. The molecule has 1 heterocycles. The van der Waals surface area contributed by atoms with Gasteiger partial charge in [0.2, 0.25) is 11.8 Å². The highest BCUT2D eigenvalue weighted by Crippen LogP contribution is 2.41. The SMILES string of the molecule is COc1cccc2c1CCC2(N)C(=O)N1CCC(CC(N)=O)CC1. The zero-order valence-electron chi connectivity index (χ0n) is 14.1. The van der Waals surface area contributed by atoms with Crippen molar-refractivity contribution in [2.45, 2.75) is 37.6 Å². The molecule has 1 unspecified atom stereocenters. The number of ether oxygens (including phenoxy) is 1. The van der Waals surface area contributed by atoms with Gasteiger partial charge < -0.3 is 21.1 Å². The Morgan fingerprint density at radius 3 is 2.67 bits per heavy atom. The van der Waals surface area contributed by atoms with Crippen molar-refractivity contribution in [2.24, 2.45) is 17.4 Å². The zero-order chi connectivity index (χ0) is 17.3. The van der Waals surface area contributed by atoms with Crippen LogP contribution in [0.25, 0.3) is 0 Å². The Labute approximate surface area is 142 Å². The maximum Gasteiger partial charge on any atom is 0.247 e. The van der Waals surface area contributed by atoms with E-state index in [2.05, 4.69) is 0 Å². The fraction of sp³-hybridized carbons (Fsp3) is 0.556. The van der Waals surface area contributed by atoms with Crippen molar-refractivity contribution in [3.8, 4) is 5.75 Å². The van der Waals surface area contributed by atoms with Crippen molar-refractivity contribution in [3.63, 3.8) is 0 Å². The van der Waals surface area contributed by atoms with Crippen molar-refractivity contribution >= 4 is 11.8 Å². The average Bonchev–Trinajstić information content (AvgIpc) is 2.93. The number of hydrogen-bond acceptors (Lipinski definition) is 4. The van der Waals surface area contributed by atoms with E-state index in [1.807, 2.05) is 23.1 Å². The number of likely N-dealkylation sites (tertiary alicyclic amines) is 1. The molecule has 1 aromatic carbocycles. The van der Waals surface area contributed by atoms with E-state index in [0.29, 0.717) is 25.9 Å². The molecule has 1 saturated heterocycles. The number of fused-ring (bicyclic) bond motifs is 1. The van der Waals surface area contributed by atoms with Crippen LogP contribution in [0.3, 0.4) is 0 Å². The molecule has 2 aliphatic rings. The summed E-state index contributed by atoms with van der Waals surface area (Å²) in [5.41, 5.74) is 12.8. The molecule has 6 nitrogen and oxygen atoms in total. The second-order valence-corrected chi connectivity index (χ2v) is 6.86. The molecule has 0 aromatic heterocycles. The van der Waals surface area contributed by atoms with E-state index >= 15 is 0 Å². The van der Waals surface area contributed by atoms with Crippen LogP contribution in [0.1, 0.15) is 36.8 Å². The van der Waals surface area contributed by atoms with E-state index in [9.17, 15) is 9.59 Å². The molecular weight excluding hydrogens is 306 g/mol. The molecule has 0 spiro atoms. The maximum absolute atomic E-state index is 13.1. The molecule has 1 aromatic rings. The van der Waals surface area contributed by atoms with Gasteiger partial charge in [-0.2, -0.15) is 0 Å². The molecule has 1 atom stereocenters. The molecule has 1 aliphatic carbocycles. The molecule has 2 amide bonds. The molecular formula is C18H25N3O3. The Bertz CT molecular complexity index is 653. The standard InChI is InChI=1S/C18H25N3O3/c1-24-15-4-2-3-14-13(15)5-8-18(14,20)17(23)21-9-6-12(7-10-21)11-16(19)22/h2-4,12H,5-11,20H2,1H3,(H2,19,22). The van der Waals surface area contributed by atoms with Crippen LogP contribution < -0.4 is 16.2 Å². The fourth-order valence-electron chi connectivity index (χ4n) is 4.02. The lowest BCUT2D eigenvalue weighted by atomic mass is 9.88. The van der Waals surface area contributed by atoms with Crippen molar-refractivity contribution in [3.05, 3.63) is 29.3 Å². The first-order chi connectivity index (χ1) is 11.5. The monoisotopic (exact) mass is 331 g/mol. The van der Waals surface area contributed by atoms with Gasteiger partial charge in [0.05, 0.1) is 7.11 Å². The van der Waals surface area contributed by atoms with Crippen LogP contribution in [0.5, 0.6) is 5.75 Å². The first kappa shape index (κ1) is 16.8. The molecule has 130 valence electrons. The van der Waals surface area contributed by atoms with Gasteiger partial charge in [0, 0.05) is 19.5 Å². The van der Waals surface area contributed by atoms with Gasteiger partial charge in [-0.25, -0.2) is 0 Å². The molecule has 6 heteroatoms. The van der Waals surface area contributed by atoms with Crippen LogP contribution in [0, 0.1) is 5.92 Å². The van der Waals surface area contributed by atoms with Crippen molar-refractivity contribution in [1.29, 1.82) is 0 Å². The van der Waals surface area contributed by atoms with Crippen molar-refractivity contribution < 1.29 is 14.3 Å². The number of benzene rings is 1. The number of amides is 2. The van der Waals surface area contributed by atoms with E-state index in [-0.39, 0.29) is 17.7 Å². The van der Waals surface area contributed by atoms with E-state index in [1.54, 1.807) is 7.11 Å². The highest BCUT2D eigenvalue weighted by atomic mass is 16.5. The minimum atomic E-state index is -0.972. The largest absolute Gasteiger partial charge is 0.496 e. The quantitative estimate of drug-likeness (QED) is 0.856. The number of piperidine rings is 1. The lowest BCUT2D eigenvalue weighted by Crippen LogP contribution is -2.53. The number of rotatable bonds is 4. The summed E-state index contributed by atoms with van der Waals surface area (Å²) >= 11 is 0. The molecule has 24 heavy (non-hydrogen) atoms. The van der Waals surface area contributed by atoms with Gasteiger partial charge in [-0.15, -0.1) is 0 Å². The lowest BCUT2D eigenvalue weighted by molar-refractivity contribution is -0.138. The maximum atomic E-state index is 13.1. The number of carbonyl (C=O) groups excluding carboxylic acids is 2. The predicted molar refractivity (Wildman–Crippen MR) is 90.3 cm³/mol. The third-order valence-corrected chi connectivity index (χ3v) is 5.38. The summed E-state index contributed by atoms with van der Waals surface area (Å²) in [7, 11) is 1.64. The van der Waals surface area contributed by atoms with Crippen LogP contribution in [0.4, 0.5) is 0 Å². The minimum Gasteiger partial charge on any atom is -0.496 e. The Morgan fingerprint density at radius 2 is 2.04 bits per heavy atom. The van der Waals surface area contributed by atoms with Gasteiger partial charge in [-0.1, -0.05) is 12.1 Å². The summed E-state index contributed by atoms with van der Waals surface area (Å²) in [6.07, 6.45) is 3.35. The molecule has 3 rings (SSSR count). The lowest BCUT2D eigenvalue weighted by Gasteiger charge is -2.37. The summed E-state index contributed by atoms with van der Waals surface area (Å²) in [4.78, 5) is 26.0. The van der Waals surface area contributed by atoms with Crippen molar-refractivity contribution in [2.75, 3.05) is 20.2 Å². The van der Waals surface area contributed by atoms with Gasteiger partial charge in [0.1, 0.15) is 11.3 Å². The number of nitrogens with zero attached hydrogens (tertiary/aromatic N) is 1. The Balaban J connectivity index is 1.74. The van der Waals surface area contributed by atoms with Crippen LogP contribution >= 0.6 is 0 Å². The van der Waals surface area contributed by atoms with E-state index in [4.69, 9.17) is 16.2 Å². The number of primary amides is 1. The van der Waals surface area contributed by atoms with Gasteiger partial charge in [-0.3, -0.25) is 9.59 Å². The van der Waals surface area contributed by atoms with Crippen LogP contribution in [-0.4, -0.2) is 36.9 Å². The van der Waals surface area contributed by atoms with Crippen LogP contribution in [0.15, 0.2) is 18.2 Å². The molecule has 0 radical (unpaired) electrons. The molecule has 4 N–H and O–H groups in total. The number of hydrogen-bond donors (Lipinski definition) is 2. The highest BCUT2D eigenvalue weighted by molar-refractivity contribution is 5.89. The smallest absolute Gasteiger partial charge is 0.247 e. The van der Waals surface area contributed by atoms with Crippen LogP contribution in [0.2, 0.25) is 0 Å². The third kappa shape index (κ3) is 2.86. The van der Waals surface area contributed by atoms with Gasteiger partial charge in [0.15, 0.2) is 0 Å². The minimum absolute atomic E-state index is 0.0213. The second kappa shape index (κ2) is 6.43. The van der Waals surface area contributed by atoms with E-state index < -0.39 is 5.54 Å². The topological polar surface area (TPSA) is 98.7 Å². The summed E-state index contributed by atoms with van der Waals surface area (Å²) in [5.74, 6) is 0.780. The molecule has 0 bridgehead atoms. The van der Waals surface area contributed by atoms with Crippen molar-refractivity contribution in [1.82, 2.24) is 4.90 Å². The molecule has 1 fully saturated rings. The fourth-order valence-corrected chi connectivity index (χ4v) is 4.02. The number of nitrogens with two attached hydrogens (primary N) is 2. The van der Waals surface area contributed by atoms with E-state index in [0.717, 1.165) is 36.1 Å². The molecule has 0 saturated carbocycles. The first-order valence-electron chi connectivity index (χ1n) is 8.48. The average molecular weight is 331 g/mol. The van der Waals surface area contributed by atoms with Crippen LogP contribution in [-0.2, 0) is 21.5 Å². The predicted octanol–water partition coefficient (Wildman–Crippen LogP) is 0.909. The zero-order valence-corrected chi connectivity index (χ0v) is 14.1. The summed E-state index contributed by atoms with van der Waals surface area (Å²) in [6.45, 7) is 1.27. The first-order valence-corrected chi connectivity index (χ1v) is 8.48. The summed E-state index contributed by atoms with van der Waals surface area (Å²) in [6, 6.07) is 5.73. The second-order valence-electron chi connectivity index (χ2n) is 6.86. The van der Waals surface area contributed by atoms with Gasteiger partial charge in [0.25, 0.3) is 0 Å². The summed E-state index contributed by atoms with van der Waals surface area (Å²) in [5, 5.41) is 0. The number of methoxy groups -OCH3 is 1. The highest BCUT2D eigenvalue weighted by Gasteiger charge is 2.45. The summed E-state index contributed by atoms with van der Waals surface area (Å²) < 4.78 is 5.40. The van der Waals surface area contributed by atoms with E-state index in [1.165, 1.54) is 0 Å². The number of carbonyl (C=O) groups is 2. The Morgan fingerprint density at radius 1 is 1.33 bits per heavy atom. The Kier molecular flexibility index (Phi) is 4.49. The van der Waals surface area contributed by atoms with Gasteiger partial charge in [-0.05, 0) is 48.8 Å². The third-order valence-electron chi connectivity index (χ3n) is 5.38. The van der Waals surface area contributed by atoms with Gasteiger partial charge >= 0.3 is 0 Å². The molecule has 1 aliphatic heterocycles.